The Morgan fingerprint density at radius 1 is 1.25 bits per heavy atom. The lowest BCUT2D eigenvalue weighted by molar-refractivity contribution is 0.231. The second-order valence-electron chi connectivity index (χ2n) is 3.60. The first-order valence-corrected chi connectivity index (χ1v) is 4.46. The van der Waals surface area contributed by atoms with Gasteiger partial charge in [0.2, 0.25) is 0 Å². The molecule has 0 radical (unpaired) electrons. The number of rotatable bonds is 0. The lowest BCUT2D eigenvalue weighted by Gasteiger charge is -2.07. The van der Waals surface area contributed by atoms with Crippen molar-refractivity contribution in [1.29, 1.82) is 0 Å². The van der Waals surface area contributed by atoms with Crippen LogP contribution < -0.4 is 4.74 Å². The molecule has 1 heterocycles. The summed E-state index contributed by atoms with van der Waals surface area (Å²) in [6.07, 6.45) is 0.334. The van der Waals surface area contributed by atoms with E-state index in [-0.39, 0.29) is 0 Å². The fourth-order valence-corrected chi connectivity index (χ4v) is 1.74. The molecule has 0 spiro atoms. The Balaban J connectivity index is 2.53. The molecule has 1 heteroatoms. The number of fused-ring (bicyclic) bond motifs is 1. The molecule has 0 bridgehead atoms. The summed E-state index contributed by atoms with van der Waals surface area (Å²) >= 11 is 0. The highest BCUT2D eigenvalue weighted by Crippen LogP contribution is 2.39. The summed E-state index contributed by atoms with van der Waals surface area (Å²) in [6, 6.07) is 6.37. The van der Waals surface area contributed by atoms with E-state index < -0.39 is 0 Å². The van der Waals surface area contributed by atoms with Gasteiger partial charge < -0.3 is 4.74 Å². The third kappa shape index (κ3) is 0.927. The van der Waals surface area contributed by atoms with E-state index in [1.54, 1.807) is 0 Å². The van der Waals surface area contributed by atoms with Crippen LogP contribution in [0.1, 0.15) is 30.9 Å². The normalized spacial score (nSPS) is 26.6. The zero-order valence-electron chi connectivity index (χ0n) is 7.79. The van der Waals surface area contributed by atoms with Gasteiger partial charge in [0.1, 0.15) is 11.9 Å². The van der Waals surface area contributed by atoms with Gasteiger partial charge in [-0.3, -0.25) is 0 Å². The Kier molecular flexibility index (Phi) is 1.60. The van der Waals surface area contributed by atoms with Gasteiger partial charge in [-0.25, -0.2) is 0 Å². The molecule has 1 aliphatic rings. The molecule has 0 aliphatic carbocycles. The first-order chi connectivity index (χ1) is 5.70. The molecule has 1 aliphatic heterocycles. The van der Waals surface area contributed by atoms with Crippen molar-refractivity contribution < 1.29 is 4.74 Å². The van der Waals surface area contributed by atoms with Crippen LogP contribution in [0.2, 0.25) is 0 Å². The molecule has 0 saturated heterocycles. The first-order valence-electron chi connectivity index (χ1n) is 4.46. The van der Waals surface area contributed by atoms with E-state index in [0.717, 1.165) is 5.75 Å². The van der Waals surface area contributed by atoms with E-state index in [4.69, 9.17) is 4.74 Å². The first kappa shape index (κ1) is 7.66. The summed E-state index contributed by atoms with van der Waals surface area (Å²) in [4.78, 5) is 0. The van der Waals surface area contributed by atoms with Gasteiger partial charge in [0, 0.05) is 11.5 Å². The summed E-state index contributed by atoms with van der Waals surface area (Å²) in [6.45, 7) is 6.45. The van der Waals surface area contributed by atoms with E-state index in [2.05, 4.69) is 39.0 Å². The second kappa shape index (κ2) is 2.51. The average molecular weight is 162 g/mol. The topological polar surface area (TPSA) is 9.23 Å². The SMILES string of the molecule is Cc1cccc2c1OC(C)C2C. The van der Waals surface area contributed by atoms with Crippen LogP contribution >= 0.6 is 0 Å². The van der Waals surface area contributed by atoms with Crippen LogP contribution in [-0.2, 0) is 0 Å². The predicted molar refractivity (Wildman–Crippen MR) is 49.7 cm³/mol. The summed E-state index contributed by atoms with van der Waals surface area (Å²) < 4.78 is 5.75. The molecule has 2 atom stereocenters. The van der Waals surface area contributed by atoms with Crippen LogP contribution in [0.15, 0.2) is 18.2 Å². The molecule has 12 heavy (non-hydrogen) atoms. The van der Waals surface area contributed by atoms with Crippen LogP contribution in [-0.4, -0.2) is 6.10 Å². The van der Waals surface area contributed by atoms with E-state index in [1.807, 2.05) is 0 Å². The minimum atomic E-state index is 0.334. The second-order valence-corrected chi connectivity index (χ2v) is 3.60. The lowest BCUT2D eigenvalue weighted by atomic mass is 9.97. The molecular formula is C11H14O. The minimum absolute atomic E-state index is 0.334. The summed E-state index contributed by atoms with van der Waals surface area (Å²) in [5, 5.41) is 0. The van der Waals surface area contributed by atoms with Crippen LogP contribution in [0.25, 0.3) is 0 Å². The molecule has 2 rings (SSSR count). The van der Waals surface area contributed by atoms with Gasteiger partial charge in [0.15, 0.2) is 0 Å². The maximum atomic E-state index is 5.75. The largest absolute Gasteiger partial charge is 0.490 e. The maximum absolute atomic E-state index is 5.75. The van der Waals surface area contributed by atoms with Gasteiger partial charge in [-0.1, -0.05) is 25.1 Å². The third-order valence-corrected chi connectivity index (χ3v) is 2.74. The number of hydrogen-bond acceptors (Lipinski definition) is 1. The van der Waals surface area contributed by atoms with Gasteiger partial charge in [-0.2, -0.15) is 0 Å². The molecule has 0 N–H and O–H groups in total. The van der Waals surface area contributed by atoms with Crippen molar-refractivity contribution in [3.05, 3.63) is 29.3 Å². The Labute approximate surface area is 73.4 Å². The van der Waals surface area contributed by atoms with Crippen LogP contribution in [0.4, 0.5) is 0 Å². The van der Waals surface area contributed by atoms with E-state index in [1.165, 1.54) is 11.1 Å². The van der Waals surface area contributed by atoms with Crippen LogP contribution in [0, 0.1) is 6.92 Å². The van der Waals surface area contributed by atoms with Crippen molar-refractivity contribution in [3.63, 3.8) is 0 Å². The molecular weight excluding hydrogens is 148 g/mol. The zero-order chi connectivity index (χ0) is 8.72. The van der Waals surface area contributed by atoms with Crippen LogP contribution in [0.5, 0.6) is 5.75 Å². The lowest BCUT2D eigenvalue weighted by Crippen LogP contribution is -2.10. The van der Waals surface area contributed by atoms with E-state index >= 15 is 0 Å². The monoisotopic (exact) mass is 162 g/mol. The highest BCUT2D eigenvalue weighted by molar-refractivity contribution is 5.46. The Bertz CT molecular complexity index is 304. The fraction of sp³-hybridized carbons (Fsp3) is 0.455. The Morgan fingerprint density at radius 3 is 2.67 bits per heavy atom. The number of para-hydroxylation sites is 1. The highest BCUT2D eigenvalue weighted by atomic mass is 16.5. The number of hydrogen-bond donors (Lipinski definition) is 0. The van der Waals surface area contributed by atoms with Gasteiger partial charge in [0.25, 0.3) is 0 Å². The smallest absolute Gasteiger partial charge is 0.126 e. The molecule has 64 valence electrons. The van der Waals surface area contributed by atoms with Crippen LogP contribution in [0.3, 0.4) is 0 Å². The van der Waals surface area contributed by atoms with Crippen molar-refractivity contribution >= 4 is 0 Å². The van der Waals surface area contributed by atoms with Crippen molar-refractivity contribution in [2.45, 2.75) is 32.8 Å². The number of benzene rings is 1. The minimum Gasteiger partial charge on any atom is -0.490 e. The molecule has 0 amide bonds. The number of aryl methyl sites for hydroxylation is 1. The van der Waals surface area contributed by atoms with E-state index in [9.17, 15) is 0 Å². The Hall–Kier alpha value is -0.980. The molecule has 0 saturated carbocycles. The number of ether oxygens (including phenoxy) is 1. The average Bonchev–Trinajstić information content (AvgIpc) is 2.32. The summed E-state index contributed by atoms with van der Waals surface area (Å²) in [7, 11) is 0. The standard InChI is InChI=1S/C11H14O/c1-7-5-4-6-10-8(2)9(3)12-11(7)10/h4-6,8-9H,1-3H3. The van der Waals surface area contributed by atoms with Crippen molar-refractivity contribution in [2.75, 3.05) is 0 Å². The quantitative estimate of drug-likeness (QED) is 0.570. The Morgan fingerprint density at radius 2 is 2.00 bits per heavy atom. The molecule has 1 aromatic carbocycles. The fourth-order valence-electron chi connectivity index (χ4n) is 1.74. The summed E-state index contributed by atoms with van der Waals surface area (Å²) in [5.41, 5.74) is 2.62. The molecule has 1 nitrogen and oxygen atoms in total. The van der Waals surface area contributed by atoms with E-state index in [0.29, 0.717) is 12.0 Å². The maximum Gasteiger partial charge on any atom is 0.126 e. The predicted octanol–water partition coefficient (Wildman–Crippen LogP) is 2.88. The van der Waals surface area contributed by atoms with Gasteiger partial charge in [-0.15, -0.1) is 0 Å². The summed E-state index contributed by atoms with van der Waals surface area (Å²) in [5.74, 6) is 1.65. The van der Waals surface area contributed by atoms with Gasteiger partial charge >= 0.3 is 0 Å². The van der Waals surface area contributed by atoms with Gasteiger partial charge in [-0.05, 0) is 19.4 Å². The third-order valence-electron chi connectivity index (χ3n) is 2.74. The highest BCUT2D eigenvalue weighted by Gasteiger charge is 2.27. The molecule has 0 fully saturated rings. The van der Waals surface area contributed by atoms with Gasteiger partial charge in [0.05, 0.1) is 0 Å². The molecule has 1 aromatic rings. The molecule has 0 aromatic heterocycles. The molecule has 2 unspecified atom stereocenters. The van der Waals surface area contributed by atoms with Crippen molar-refractivity contribution in [2.24, 2.45) is 0 Å². The zero-order valence-corrected chi connectivity index (χ0v) is 7.79. The van der Waals surface area contributed by atoms with Crippen molar-refractivity contribution in [3.8, 4) is 5.75 Å². The van der Waals surface area contributed by atoms with Crippen molar-refractivity contribution in [1.82, 2.24) is 0 Å².